The molecular formula is C15H17ClN2O. The number of nitrogens with one attached hydrogen (secondary N) is 1. The van der Waals surface area contributed by atoms with E-state index in [1.165, 1.54) is 5.56 Å². The Morgan fingerprint density at radius 3 is 2.68 bits per heavy atom. The summed E-state index contributed by atoms with van der Waals surface area (Å²) in [6.45, 7) is 0.909. The molecule has 0 amide bonds. The fourth-order valence-electron chi connectivity index (χ4n) is 1.83. The van der Waals surface area contributed by atoms with Gasteiger partial charge < -0.3 is 10.1 Å². The molecule has 1 N–H and O–H groups in total. The molecule has 100 valence electrons. The number of nitrogens with zero attached hydrogens (tertiary/aromatic N) is 1. The van der Waals surface area contributed by atoms with Crippen molar-refractivity contribution in [2.45, 2.75) is 12.8 Å². The fraction of sp³-hybridized carbons (Fsp3) is 0.267. The first-order chi connectivity index (χ1) is 9.28. The summed E-state index contributed by atoms with van der Waals surface area (Å²) in [5.74, 6) is 0.897. The predicted octanol–water partition coefficient (Wildman–Crippen LogP) is 3.79. The van der Waals surface area contributed by atoms with E-state index in [0.717, 1.165) is 30.8 Å². The zero-order chi connectivity index (χ0) is 13.5. The van der Waals surface area contributed by atoms with Gasteiger partial charge in [0.15, 0.2) is 0 Å². The number of pyridine rings is 1. The molecule has 0 aliphatic rings. The van der Waals surface area contributed by atoms with E-state index in [4.69, 9.17) is 16.3 Å². The molecule has 0 aliphatic carbocycles. The second-order valence-electron chi connectivity index (χ2n) is 4.25. The Hall–Kier alpha value is -1.74. The van der Waals surface area contributed by atoms with Crippen molar-refractivity contribution in [1.29, 1.82) is 0 Å². The van der Waals surface area contributed by atoms with Crippen LogP contribution in [0, 0.1) is 0 Å². The summed E-state index contributed by atoms with van der Waals surface area (Å²) in [5, 5.41) is 3.84. The molecule has 3 nitrogen and oxygen atoms in total. The van der Waals surface area contributed by atoms with Crippen molar-refractivity contribution in [3.8, 4) is 5.75 Å². The van der Waals surface area contributed by atoms with Crippen LogP contribution in [0.15, 0.2) is 42.6 Å². The number of aromatic nitrogens is 1. The molecule has 4 heteroatoms. The van der Waals surface area contributed by atoms with Crippen LogP contribution in [-0.2, 0) is 6.42 Å². The zero-order valence-corrected chi connectivity index (χ0v) is 11.7. The van der Waals surface area contributed by atoms with Gasteiger partial charge in [0.1, 0.15) is 10.9 Å². The van der Waals surface area contributed by atoms with Gasteiger partial charge in [0.25, 0.3) is 0 Å². The number of aryl methyl sites for hydroxylation is 1. The monoisotopic (exact) mass is 276 g/mol. The molecule has 1 aromatic carbocycles. The van der Waals surface area contributed by atoms with Gasteiger partial charge in [-0.05, 0) is 42.7 Å². The molecule has 1 aromatic heterocycles. The third kappa shape index (κ3) is 4.45. The second kappa shape index (κ2) is 7.00. The number of halogens is 1. The summed E-state index contributed by atoms with van der Waals surface area (Å²) in [7, 11) is 1.68. The summed E-state index contributed by atoms with van der Waals surface area (Å²) in [6, 6.07) is 11.9. The van der Waals surface area contributed by atoms with E-state index in [2.05, 4.69) is 22.4 Å². The van der Waals surface area contributed by atoms with Crippen LogP contribution < -0.4 is 10.1 Å². The van der Waals surface area contributed by atoms with Crippen LogP contribution in [0.25, 0.3) is 0 Å². The topological polar surface area (TPSA) is 34.1 Å². The first-order valence-corrected chi connectivity index (χ1v) is 6.64. The van der Waals surface area contributed by atoms with Crippen LogP contribution in [0.4, 0.5) is 5.69 Å². The number of anilines is 1. The van der Waals surface area contributed by atoms with E-state index in [9.17, 15) is 0 Å². The Bertz CT molecular complexity index is 514. The largest absolute Gasteiger partial charge is 0.497 e. The van der Waals surface area contributed by atoms with Crippen LogP contribution in [0.5, 0.6) is 5.75 Å². The van der Waals surface area contributed by atoms with Gasteiger partial charge in [0, 0.05) is 18.4 Å². The van der Waals surface area contributed by atoms with Crippen LogP contribution in [-0.4, -0.2) is 18.6 Å². The number of benzene rings is 1. The minimum Gasteiger partial charge on any atom is -0.497 e. The molecule has 0 saturated heterocycles. The molecule has 19 heavy (non-hydrogen) atoms. The van der Waals surface area contributed by atoms with Crippen LogP contribution in [0.3, 0.4) is 0 Å². The van der Waals surface area contributed by atoms with Gasteiger partial charge in [-0.2, -0.15) is 0 Å². The maximum absolute atomic E-state index is 5.82. The van der Waals surface area contributed by atoms with E-state index < -0.39 is 0 Å². The van der Waals surface area contributed by atoms with Crippen molar-refractivity contribution in [3.05, 3.63) is 53.3 Å². The van der Waals surface area contributed by atoms with E-state index in [-0.39, 0.29) is 0 Å². The van der Waals surface area contributed by atoms with E-state index >= 15 is 0 Å². The molecule has 0 radical (unpaired) electrons. The molecule has 2 rings (SSSR count). The van der Waals surface area contributed by atoms with Crippen molar-refractivity contribution in [1.82, 2.24) is 4.98 Å². The molecule has 2 aromatic rings. The third-order valence-corrected chi connectivity index (χ3v) is 3.06. The van der Waals surface area contributed by atoms with Crippen molar-refractivity contribution < 1.29 is 4.74 Å². The summed E-state index contributed by atoms with van der Waals surface area (Å²) >= 11 is 5.82. The van der Waals surface area contributed by atoms with E-state index in [0.29, 0.717) is 5.15 Å². The summed E-state index contributed by atoms with van der Waals surface area (Å²) in [6.07, 6.45) is 3.80. The Kier molecular flexibility index (Phi) is 5.04. The molecule has 0 fully saturated rings. The number of rotatable bonds is 6. The standard InChI is InChI=1S/C15H17ClN2O/c1-19-14-6-4-12(5-7-14)3-2-9-17-13-8-10-18-15(16)11-13/h4-8,10-11H,2-3,9H2,1H3,(H,17,18). The maximum Gasteiger partial charge on any atom is 0.131 e. The highest BCUT2D eigenvalue weighted by Gasteiger charge is 1.96. The highest BCUT2D eigenvalue weighted by molar-refractivity contribution is 6.29. The Labute approximate surface area is 118 Å². The molecule has 0 saturated carbocycles. The van der Waals surface area contributed by atoms with Gasteiger partial charge in [0.2, 0.25) is 0 Å². The molecular weight excluding hydrogens is 260 g/mol. The normalized spacial score (nSPS) is 10.2. The SMILES string of the molecule is COc1ccc(CCCNc2ccnc(Cl)c2)cc1. The number of hydrogen-bond donors (Lipinski definition) is 1. The third-order valence-electron chi connectivity index (χ3n) is 2.86. The quantitative estimate of drug-likeness (QED) is 0.644. The highest BCUT2D eigenvalue weighted by Crippen LogP contribution is 2.14. The van der Waals surface area contributed by atoms with Gasteiger partial charge in [-0.1, -0.05) is 23.7 Å². The molecule has 0 bridgehead atoms. The fourth-order valence-corrected chi connectivity index (χ4v) is 2.00. The summed E-state index contributed by atoms with van der Waals surface area (Å²) in [4.78, 5) is 3.95. The van der Waals surface area contributed by atoms with E-state index in [1.54, 1.807) is 13.3 Å². The van der Waals surface area contributed by atoms with Crippen LogP contribution in [0.1, 0.15) is 12.0 Å². The number of methoxy groups -OCH3 is 1. The van der Waals surface area contributed by atoms with E-state index in [1.807, 2.05) is 24.3 Å². The van der Waals surface area contributed by atoms with Crippen LogP contribution in [0.2, 0.25) is 5.15 Å². The Morgan fingerprint density at radius 1 is 1.21 bits per heavy atom. The van der Waals surface area contributed by atoms with Gasteiger partial charge in [0.05, 0.1) is 7.11 Å². The number of ether oxygens (including phenoxy) is 1. The predicted molar refractivity (Wildman–Crippen MR) is 79.1 cm³/mol. The lowest BCUT2D eigenvalue weighted by molar-refractivity contribution is 0.414. The van der Waals surface area contributed by atoms with Gasteiger partial charge in [-0.3, -0.25) is 0 Å². The second-order valence-corrected chi connectivity index (χ2v) is 4.63. The summed E-state index contributed by atoms with van der Waals surface area (Å²) in [5.41, 5.74) is 2.32. The van der Waals surface area contributed by atoms with Gasteiger partial charge >= 0.3 is 0 Å². The van der Waals surface area contributed by atoms with Crippen molar-refractivity contribution in [2.75, 3.05) is 19.0 Å². The minimum atomic E-state index is 0.514. The number of hydrogen-bond acceptors (Lipinski definition) is 3. The lowest BCUT2D eigenvalue weighted by Crippen LogP contribution is -2.03. The first-order valence-electron chi connectivity index (χ1n) is 6.26. The molecule has 0 atom stereocenters. The van der Waals surface area contributed by atoms with Gasteiger partial charge in [-0.15, -0.1) is 0 Å². The van der Waals surface area contributed by atoms with Crippen LogP contribution >= 0.6 is 11.6 Å². The average molecular weight is 277 g/mol. The Balaban J connectivity index is 1.74. The molecule has 0 aliphatic heterocycles. The highest BCUT2D eigenvalue weighted by atomic mass is 35.5. The van der Waals surface area contributed by atoms with Crippen molar-refractivity contribution in [2.24, 2.45) is 0 Å². The lowest BCUT2D eigenvalue weighted by Gasteiger charge is -2.07. The minimum absolute atomic E-state index is 0.514. The lowest BCUT2D eigenvalue weighted by atomic mass is 10.1. The first kappa shape index (κ1) is 13.7. The zero-order valence-electron chi connectivity index (χ0n) is 10.9. The molecule has 0 spiro atoms. The van der Waals surface area contributed by atoms with Crippen molar-refractivity contribution >= 4 is 17.3 Å². The smallest absolute Gasteiger partial charge is 0.131 e. The molecule has 0 unspecified atom stereocenters. The maximum atomic E-state index is 5.82. The summed E-state index contributed by atoms with van der Waals surface area (Å²) < 4.78 is 5.13. The average Bonchev–Trinajstić information content (AvgIpc) is 2.44. The van der Waals surface area contributed by atoms with Crippen molar-refractivity contribution in [3.63, 3.8) is 0 Å². The Morgan fingerprint density at radius 2 is 2.00 bits per heavy atom. The van der Waals surface area contributed by atoms with Gasteiger partial charge in [-0.25, -0.2) is 4.98 Å². The molecule has 1 heterocycles.